The predicted octanol–water partition coefficient (Wildman–Crippen LogP) is 4.71. The summed E-state index contributed by atoms with van der Waals surface area (Å²) >= 11 is 0. The zero-order valence-electron chi connectivity index (χ0n) is 11.5. The molecule has 0 aliphatic carbocycles. The number of carbonyl (C=O) groups is 1. The Balaban J connectivity index is 2.43. The van der Waals surface area contributed by atoms with Gasteiger partial charge >= 0.3 is 0 Å². The summed E-state index contributed by atoms with van der Waals surface area (Å²) < 4.78 is 5.60. The van der Waals surface area contributed by atoms with Crippen molar-refractivity contribution in [1.29, 1.82) is 0 Å². The zero-order valence-corrected chi connectivity index (χ0v) is 11.5. The lowest BCUT2D eigenvalue weighted by molar-refractivity contribution is 0.0957. The minimum atomic E-state index is 0.0889. The van der Waals surface area contributed by atoms with Crippen molar-refractivity contribution in [2.75, 3.05) is 0 Å². The molecule has 96 valence electrons. The summed E-state index contributed by atoms with van der Waals surface area (Å²) in [6.45, 7) is 8.53. The Morgan fingerprint density at radius 3 is 2.56 bits per heavy atom. The largest absolute Gasteiger partial charge is 0.453 e. The number of carbonyl (C=O) groups excluding carboxylic acids is 1. The molecule has 2 nitrogen and oxygen atoms in total. The molecule has 2 heteroatoms. The highest BCUT2D eigenvalue weighted by Gasteiger charge is 2.16. The summed E-state index contributed by atoms with van der Waals surface area (Å²) in [7, 11) is 0. The fourth-order valence-corrected chi connectivity index (χ4v) is 2.00. The maximum atomic E-state index is 11.8. The van der Waals surface area contributed by atoms with Crippen LogP contribution in [0.5, 0.6) is 0 Å². The van der Waals surface area contributed by atoms with Gasteiger partial charge in [-0.3, -0.25) is 4.79 Å². The first-order valence-electron chi connectivity index (χ1n) is 6.49. The van der Waals surface area contributed by atoms with Crippen LogP contribution in [0.2, 0.25) is 0 Å². The topological polar surface area (TPSA) is 30.2 Å². The lowest BCUT2D eigenvalue weighted by Gasteiger charge is -2.18. The molecule has 2 aromatic rings. The third-order valence-electron chi connectivity index (χ3n) is 3.13. The minimum absolute atomic E-state index is 0.0889. The Morgan fingerprint density at radius 1 is 1.22 bits per heavy atom. The van der Waals surface area contributed by atoms with E-state index in [0.717, 1.165) is 17.4 Å². The van der Waals surface area contributed by atoms with Crippen LogP contribution in [0, 0.1) is 0 Å². The Morgan fingerprint density at radius 2 is 1.94 bits per heavy atom. The average molecular weight is 244 g/mol. The van der Waals surface area contributed by atoms with Crippen LogP contribution >= 0.6 is 0 Å². The van der Waals surface area contributed by atoms with Crippen molar-refractivity contribution < 1.29 is 9.21 Å². The maximum Gasteiger partial charge on any atom is 0.198 e. The Kier molecular flexibility index (Phi) is 3.29. The highest BCUT2D eigenvalue weighted by molar-refractivity contribution is 5.97. The van der Waals surface area contributed by atoms with Crippen molar-refractivity contribution in [2.45, 2.75) is 46.0 Å². The number of furan rings is 1. The van der Waals surface area contributed by atoms with Gasteiger partial charge in [-0.1, -0.05) is 33.8 Å². The van der Waals surface area contributed by atoms with Crippen molar-refractivity contribution in [2.24, 2.45) is 0 Å². The van der Waals surface area contributed by atoms with Gasteiger partial charge < -0.3 is 4.42 Å². The van der Waals surface area contributed by atoms with Gasteiger partial charge in [-0.25, -0.2) is 0 Å². The molecule has 1 aromatic carbocycles. The molecule has 0 bridgehead atoms. The summed E-state index contributed by atoms with van der Waals surface area (Å²) in [5.41, 5.74) is 2.16. The highest BCUT2D eigenvalue weighted by Crippen LogP contribution is 2.28. The van der Waals surface area contributed by atoms with E-state index in [-0.39, 0.29) is 11.2 Å². The smallest absolute Gasteiger partial charge is 0.198 e. The number of Topliss-reactive ketones (excluding diaryl/α,β-unsaturated/α-hetero) is 1. The van der Waals surface area contributed by atoms with Crippen LogP contribution in [0.1, 0.15) is 56.7 Å². The molecule has 0 atom stereocenters. The van der Waals surface area contributed by atoms with E-state index in [2.05, 4.69) is 32.9 Å². The van der Waals surface area contributed by atoms with Crippen molar-refractivity contribution in [1.82, 2.24) is 0 Å². The van der Waals surface area contributed by atoms with Crippen molar-refractivity contribution in [3.63, 3.8) is 0 Å². The fraction of sp³-hybridized carbons (Fsp3) is 0.438. The standard InChI is InChI=1S/C16H20O2/c1-5-6-13(17)15-10-11-9-12(16(2,3)4)7-8-14(11)18-15/h7-10H,5-6H2,1-4H3. The second kappa shape index (κ2) is 4.60. The molecule has 0 amide bonds. The molecule has 0 aliphatic rings. The van der Waals surface area contributed by atoms with Gasteiger partial charge in [-0.2, -0.15) is 0 Å². The molecule has 0 aliphatic heterocycles. The first-order valence-corrected chi connectivity index (χ1v) is 6.49. The van der Waals surface area contributed by atoms with Crippen molar-refractivity contribution in [3.05, 3.63) is 35.6 Å². The molecule has 1 aromatic heterocycles. The van der Waals surface area contributed by atoms with Crippen molar-refractivity contribution in [3.8, 4) is 0 Å². The van der Waals surface area contributed by atoms with Gasteiger partial charge in [0, 0.05) is 11.8 Å². The zero-order chi connectivity index (χ0) is 13.3. The van der Waals surface area contributed by atoms with Gasteiger partial charge in [0.25, 0.3) is 0 Å². The summed E-state index contributed by atoms with van der Waals surface area (Å²) in [6.07, 6.45) is 1.40. The third kappa shape index (κ3) is 2.47. The predicted molar refractivity (Wildman–Crippen MR) is 74.2 cm³/mol. The SMILES string of the molecule is CCCC(=O)c1cc2cc(C(C)(C)C)ccc2o1. The average Bonchev–Trinajstić information content (AvgIpc) is 2.70. The van der Waals surface area contributed by atoms with E-state index in [0.29, 0.717) is 12.2 Å². The molecule has 18 heavy (non-hydrogen) atoms. The summed E-state index contributed by atoms with van der Waals surface area (Å²) in [4.78, 5) is 11.8. The summed E-state index contributed by atoms with van der Waals surface area (Å²) in [5.74, 6) is 0.573. The second-order valence-corrected chi connectivity index (χ2v) is 5.79. The van der Waals surface area contributed by atoms with Gasteiger partial charge in [-0.15, -0.1) is 0 Å². The molecule has 0 N–H and O–H groups in total. The second-order valence-electron chi connectivity index (χ2n) is 5.79. The van der Waals surface area contributed by atoms with Crippen LogP contribution in [-0.2, 0) is 5.41 Å². The number of fused-ring (bicyclic) bond motifs is 1. The maximum absolute atomic E-state index is 11.8. The molecule has 0 saturated carbocycles. The van der Waals surface area contributed by atoms with Gasteiger partial charge in [-0.05, 0) is 35.6 Å². The van der Waals surface area contributed by atoms with E-state index in [1.54, 1.807) is 0 Å². The molecule has 0 unspecified atom stereocenters. The third-order valence-corrected chi connectivity index (χ3v) is 3.13. The molecule has 1 heterocycles. The van der Waals surface area contributed by atoms with E-state index in [4.69, 9.17) is 4.42 Å². The normalized spacial score (nSPS) is 12.0. The molecule has 0 spiro atoms. The lowest BCUT2D eigenvalue weighted by Crippen LogP contribution is -2.10. The molecule has 0 radical (unpaired) electrons. The van der Waals surface area contributed by atoms with E-state index in [1.165, 1.54) is 5.56 Å². The molecular formula is C16H20O2. The number of rotatable bonds is 3. The van der Waals surface area contributed by atoms with Gasteiger partial charge in [0.1, 0.15) is 5.58 Å². The van der Waals surface area contributed by atoms with E-state index < -0.39 is 0 Å². The van der Waals surface area contributed by atoms with Gasteiger partial charge in [0.15, 0.2) is 11.5 Å². The fourth-order valence-electron chi connectivity index (χ4n) is 2.00. The van der Waals surface area contributed by atoms with Crippen LogP contribution < -0.4 is 0 Å². The van der Waals surface area contributed by atoms with E-state index in [1.807, 2.05) is 19.1 Å². The van der Waals surface area contributed by atoms with Gasteiger partial charge in [0.05, 0.1) is 0 Å². The van der Waals surface area contributed by atoms with E-state index >= 15 is 0 Å². The monoisotopic (exact) mass is 244 g/mol. The summed E-state index contributed by atoms with van der Waals surface area (Å²) in [5, 5.41) is 1.02. The lowest BCUT2D eigenvalue weighted by atomic mass is 9.86. The number of hydrogen-bond donors (Lipinski definition) is 0. The van der Waals surface area contributed by atoms with Crippen LogP contribution in [0.3, 0.4) is 0 Å². The minimum Gasteiger partial charge on any atom is -0.453 e. The Bertz CT molecular complexity index is 570. The first kappa shape index (κ1) is 12.9. The van der Waals surface area contributed by atoms with Crippen LogP contribution in [0.15, 0.2) is 28.7 Å². The van der Waals surface area contributed by atoms with Crippen LogP contribution in [0.4, 0.5) is 0 Å². The summed E-state index contributed by atoms with van der Waals surface area (Å²) in [6, 6.07) is 8.00. The van der Waals surface area contributed by atoms with Gasteiger partial charge in [0.2, 0.25) is 0 Å². The number of ketones is 1. The Labute approximate surface area is 108 Å². The molecule has 0 saturated heterocycles. The highest BCUT2D eigenvalue weighted by atomic mass is 16.3. The van der Waals surface area contributed by atoms with Crippen molar-refractivity contribution >= 4 is 16.8 Å². The molecule has 2 rings (SSSR count). The number of benzene rings is 1. The quantitative estimate of drug-likeness (QED) is 0.732. The molecule has 0 fully saturated rings. The van der Waals surface area contributed by atoms with Crippen LogP contribution in [0.25, 0.3) is 11.0 Å². The van der Waals surface area contributed by atoms with E-state index in [9.17, 15) is 4.79 Å². The molecular weight excluding hydrogens is 224 g/mol. The first-order chi connectivity index (χ1) is 8.41. The number of hydrogen-bond acceptors (Lipinski definition) is 2. The van der Waals surface area contributed by atoms with Crippen LogP contribution in [-0.4, -0.2) is 5.78 Å². The Hall–Kier alpha value is -1.57.